The number of carbonyl (C=O) groups excluding carboxylic acids is 2. The quantitative estimate of drug-likeness (QED) is 0.409. The molecule has 2 atom stereocenters. The number of anilines is 1. The van der Waals surface area contributed by atoms with Crippen LogP contribution in [0.25, 0.3) is 0 Å². The molecule has 3 saturated heterocycles. The normalized spacial score (nSPS) is 23.1. The van der Waals surface area contributed by atoms with Gasteiger partial charge >= 0.3 is 6.09 Å². The van der Waals surface area contributed by atoms with Gasteiger partial charge in [0.2, 0.25) is 5.91 Å². The van der Waals surface area contributed by atoms with Crippen molar-refractivity contribution in [3.63, 3.8) is 0 Å². The standard InChI is InChI=1S/C32H43Cl2N5O3/c1-21-6-5-7-29(35-21)39-28(25(9-11-30(39)40)22-8-10-26(33)27(34)18-22)14-15-37-19-24(20-37)38-16-12-23(13-17-38)36-31(41)42-32(2,3)4/h5-8,10,18,23-25,28H,9,11-17,19-20H2,1-4H3,(H,36,41)/t25-,28?/m0/s1. The molecule has 3 aliphatic rings. The third-order valence-corrected chi connectivity index (χ3v) is 9.41. The van der Waals surface area contributed by atoms with Crippen LogP contribution in [0.15, 0.2) is 36.4 Å². The summed E-state index contributed by atoms with van der Waals surface area (Å²) < 4.78 is 5.42. The highest BCUT2D eigenvalue weighted by atomic mass is 35.5. The van der Waals surface area contributed by atoms with Gasteiger partial charge in [-0.15, -0.1) is 0 Å². The van der Waals surface area contributed by atoms with Gasteiger partial charge in [-0.2, -0.15) is 0 Å². The zero-order valence-corrected chi connectivity index (χ0v) is 26.6. The zero-order valence-electron chi connectivity index (χ0n) is 25.1. The maximum Gasteiger partial charge on any atom is 0.407 e. The van der Waals surface area contributed by atoms with E-state index in [0.29, 0.717) is 22.5 Å². The third kappa shape index (κ3) is 7.57. The highest BCUT2D eigenvalue weighted by molar-refractivity contribution is 6.42. The Morgan fingerprint density at radius 1 is 1.07 bits per heavy atom. The molecule has 3 fully saturated rings. The number of aryl methyl sites for hydroxylation is 1. The zero-order chi connectivity index (χ0) is 30.0. The summed E-state index contributed by atoms with van der Waals surface area (Å²) in [5.41, 5.74) is 1.52. The van der Waals surface area contributed by atoms with Gasteiger partial charge in [0.1, 0.15) is 11.4 Å². The summed E-state index contributed by atoms with van der Waals surface area (Å²) in [5, 5.41) is 4.12. The first kappa shape index (κ1) is 31.0. The highest BCUT2D eigenvalue weighted by Gasteiger charge is 2.40. The van der Waals surface area contributed by atoms with E-state index in [-0.39, 0.29) is 30.0 Å². The number of likely N-dealkylation sites (tertiary alicyclic amines) is 2. The van der Waals surface area contributed by atoms with Crippen LogP contribution in [0.1, 0.15) is 70.1 Å². The number of ether oxygens (including phenoxy) is 1. The number of halogens is 2. The Labute approximate surface area is 259 Å². The lowest BCUT2D eigenvalue weighted by Crippen LogP contribution is -2.62. The van der Waals surface area contributed by atoms with Gasteiger partial charge in [-0.1, -0.05) is 35.3 Å². The number of aromatic nitrogens is 1. The minimum Gasteiger partial charge on any atom is -0.444 e. The number of hydrogen-bond donors (Lipinski definition) is 1. The predicted octanol–water partition coefficient (Wildman–Crippen LogP) is 6.04. The van der Waals surface area contributed by atoms with Crippen LogP contribution in [0.2, 0.25) is 10.0 Å². The van der Waals surface area contributed by atoms with Crippen molar-refractivity contribution in [1.82, 2.24) is 20.1 Å². The van der Waals surface area contributed by atoms with Crippen molar-refractivity contribution in [2.24, 2.45) is 0 Å². The molecule has 3 aliphatic heterocycles. The largest absolute Gasteiger partial charge is 0.444 e. The van der Waals surface area contributed by atoms with Gasteiger partial charge in [-0.05, 0) is 83.2 Å². The van der Waals surface area contributed by atoms with E-state index in [2.05, 4.69) is 15.1 Å². The number of piperidine rings is 2. The van der Waals surface area contributed by atoms with Crippen LogP contribution in [0.3, 0.4) is 0 Å². The lowest BCUT2D eigenvalue weighted by molar-refractivity contribution is -0.120. The van der Waals surface area contributed by atoms with E-state index in [1.807, 2.05) is 69.0 Å². The smallest absolute Gasteiger partial charge is 0.407 e. The van der Waals surface area contributed by atoms with Gasteiger partial charge in [-0.25, -0.2) is 9.78 Å². The van der Waals surface area contributed by atoms with Gasteiger partial charge in [0.25, 0.3) is 0 Å². The fraction of sp³-hybridized carbons (Fsp3) is 0.594. The topological polar surface area (TPSA) is 78.0 Å². The molecule has 5 rings (SSSR count). The molecule has 8 nitrogen and oxygen atoms in total. The number of carbonyl (C=O) groups is 2. The fourth-order valence-electron chi connectivity index (χ4n) is 6.53. The summed E-state index contributed by atoms with van der Waals surface area (Å²) in [4.78, 5) is 37.2. The molecule has 0 saturated carbocycles. The Morgan fingerprint density at radius 2 is 1.81 bits per heavy atom. The van der Waals surface area contributed by atoms with Crippen LogP contribution in [-0.4, -0.2) is 83.2 Å². The van der Waals surface area contributed by atoms with E-state index in [1.54, 1.807) is 0 Å². The van der Waals surface area contributed by atoms with Crippen molar-refractivity contribution in [3.05, 3.63) is 57.7 Å². The Bertz CT molecular complexity index is 1270. The lowest BCUT2D eigenvalue weighted by atomic mass is 9.81. The molecule has 0 radical (unpaired) electrons. The number of alkyl carbamates (subject to hydrolysis) is 1. The Kier molecular flexibility index (Phi) is 9.67. The Hall–Kier alpha value is -2.39. The number of amides is 2. The number of rotatable bonds is 7. The van der Waals surface area contributed by atoms with Crippen molar-refractivity contribution < 1.29 is 14.3 Å². The molecular formula is C32H43Cl2N5O3. The van der Waals surface area contributed by atoms with Gasteiger partial charge in [-0.3, -0.25) is 14.6 Å². The molecule has 1 aromatic heterocycles. The molecule has 1 unspecified atom stereocenters. The molecular weight excluding hydrogens is 573 g/mol. The van der Waals surface area contributed by atoms with E-state index in [4.69, 9.17) is 32.9 Å². The number of nitrogens with one attached hydrogen (secondary N) is 1. The summed E-state index contributed by atoms with van der Waals surface area (Å²) >= 11 is 12.7. The molecule has 228 valence electrons. The van der Waals surface area contributed by atoms with Gasteiger partial charge in [0, 0.05) is 68.9 Å². The van der Waals surface area contributed by atoms with Crippen LogP contribution in [0.4, 0.5) is 10.6 Å². The second-order valence-electron chi connectivity index (χ2n) is 12.9. The summed E-state index contributed by atoms with van der Waals surface area (Å²) in [6.07, 6.45) is 3.64. The minimum atomic E-state index is -0.486. The second kappa shape index (κ2) is 13.1. The number of benzene rings is 1. The van der Waals surface area contributed by atoms with Crippen molar-refractivity contribution in [2.45, 2.75) is 89.4 Å². The first-order valence-electron chi connectivity index (χ1n) is 15.1. The van der Waals surface area contributed by atoms with Gasteiger partial charge in [0.15, 0.2) is 0 Å². The van der Waals surface area contributed by atoms with Crippen LogP contribution >= 0.6 is 23.2 Å². The van der Waals surface area contributed by atoms with Crippen molar-refractivity contribution in [1.29, 1.82) is 0 Å². The Balaban J connectivity index is 1.19. The first-order valence-corrected chi connectivity index (χ1v) is 15.9. The number of pyridine rings is 1. The third-order valence-electron chi connectivity index (χ3n) is 8.67. The van der Waals surface area contributed by atoms with E-state index in [9.17, 15) is 9.59 Å². The molecule has 1 aromatic carbocycles. The monoisotopic (exact) mass is 615 g/mol. The summed E-state index contributed by atoms with van der Waals surface area (Å²) in [7, 11) is 0. The molecule has 4 heterocycles. The lowest BCUT2D eigenvalue weighted by Gasteiger charge is -2.49. The summed E-state index contributed by atoms with van der Waals surface area (Å²) in [6, 6.07) is 12.4. The van der Waals surface area contributed by atoms with E-state index < -0.39 is 5.60 Å². The molecule has 0 bridgehead atoms. The maximum absolute atomic E-state index is 13.3. The predicted molar refractivity (Wildman–Crippen MR) is 167 cm³/mol. The van der Waals surface area contributed by atoms with E-state index in [1.165, 1.54) is 0 Å². The number of hydrogen-bond acceptors (Lipinski definition) is 6. The van der Waals surface area contributed by atoms with Gasteiger partial charge < -0.3 is 15.0 Å². The molecule has 10 heteroatoms. The molecule has 0 spiro atoms. The average molecular weight is 617 g/mol. The second-order valence-corrected chi connectivity index (χ2v) is 13.8. The maximum atomic E-state index is 13.3. The molecule has 2 aromatic rings. The van der Waals surface area contributed by atoms with E-state index >= 15 is 0 Å². The number of nitrogens with zero attached hydrogens (tertiary/aromatic N) is 4. The fourth-order valence-corrected chi connectivity index (χ4v) is 6.84. The van der Waals surface area contributed by atoms with Crippen LogP contribution in [0.5, 0.6) is 0 Å². The van der Waals surface area contributed by atoms with E-state index in [0.717, 1.165) is 75.5 Å². The molecule has 1 N–H and O–H groups in total. The van der Waals surface area contributed by atoms with Crippen molar-refractivity contribution in [3.8, 4) is 0 Å². The molecule has 42 heavy (non-hydrogen) atoms. The molecule has 0 aliphatic carbocycles. The van der Waals surface area contributed by atoms with Crippen molar-refractivity contribution in [2.75, 3.05) is 37.6 Å². The Morgan fingerprint density at radius 3 is 2.48 bits per heavy atom. The first-order chi connectivity index (χ1) is 20.0. The van der Waals surface area contributed by atoms with Gasteiger partial charge in [0.05, 0.1) is 10.0 Å². The highest BCUT2D eigenvalue weighted by Crippen LogP contribution is 2.39. The van der Waals surface area contributed by atoms with Crippen LogP contribution < -0.4 is 10.2 Å². The van der Waals surface area contributed by atoms with Crippen LogP contribution in [-0.2, 0) is 9.53 Å². The van der Waals surface area contributed by atoms with Crippen molar-refractivity contribution >= 4 is 41.0 Å². The average Bonchev–Trinajstić information content (AvgIpc) is 2.89. The summed E-state index contributed by atoms with van der Waals surface area (Å²) in [6.45, 7) is 12.5. The summed E-state index contributed by atoms with van der Waals surface area (Å²) in [5.74, 6) is 0.992. The molecule has 2 amide bonds. The van der Waals surface area contributed by atoms with Crippen LogP contribution in [0, 0.1) is 6.92 Å². The minimum absolute atomic E-state index is 0.0217. The SMILES string of the molecule is Cc1cccc(N2C(=O)CC[C@@H](c3ccc(Cl)c(Cl)c3)C2CCN2CC(N3CCC(NC(=O)OC(C)(C)C)CC3)C2)n1.